The van der Waals surface area contributed by atoms with Crippen molar-refractivity contribution >= 4 is 15.7 Å². The number of anilines is 1. The van der Waals surface area contributed by atoms with E-state index in [1.54, 1.807) is 18.3 Å². The molecule has 1 atom stereocenters. The highest BCUT2D eigenvalue weighted by molar-refractivity contribution is 7.89. The van der Waals surface area contributed by atoms with Crippen LogP contribution in [0.4, 0.5) is 5.69 Å². The van der Waals surface area contributed by atoms with Gasteiger partial charge in [-0.3, -0.25) is 0 Å². The Morgan fingerprint density at radius 1 is 1.09 bits per heavy atom. The number of rotatable bonds is 9. The summed E-state index contributed by atoms with van der Waals surface area (Å²) >= 11 is 0. The van der Waals surface area contributed by atoms with Crippen LogP contribution in [0.2, 0.25) is 0 Å². The second-order valence-electron chi connectivity index (χ2n) is 8.25. The van der Waals surface area contributed by atoms with E-state index in [1.165, 1.54) is 19.2 Å². The predicted octanol–water partition coefficient (Wildman–Crippen LogP) is 4.32. The third kappa shape index (κ3) is 5.93. The summed E-state index contributed by atoms with van der Waals surface area (Å²) in [7, 11) is -2.19. The summed E-state index contributed by atoms with van der Waals surface area (Å²) in [5, 5.41) is 0. The first-order valence-electron chi connectivity index (χ1n) is 11.7. The Kier molecular flexibility index (Phi) is 7.90. The zero-order valence-electron chi connectivity index (χ0n) is 20.2. The fraction of sp³-hybridized carbons (Fsp3) is 0.346. The first-order valence-corrected chi connectivity index (χ1v) is 13.1. The number of aromatic nitrogens is 1. The highest BCUT2D eigenvalue weighted by atomic mass is 32.2. The highest BCUT2D eigenvalue weighted by Gasteiger charge is 2.22. The van der Waals surface area contributed by atoms with Crippen LogP contribution in [0.1, 0.15) is 31.0 Å². The van der Waals surface area contributed by atoms with E-state index < -0.39 is 16.1 Å². The maximum atomic E-state index is 13.0. The van der Waals surface area contributed by atoms with Gasteiger partial charge in [-0.15, -0.1) is 0 Å². The maximum Gasteiger partial charge on any atom is 0.241 e. The number of ether oxygens (including phenoxy) is 3. The van der Waals surface area contributed by atoms with Crippen molar-refractivity contribution in [2.75, 3.05) is 38.3 Å². The smallest absolute Gasteiger partial charge is 0.241 e. The van der Waals surface area contributed by atoms with Crippen molar-refractivity contribution in [2.24, 2.45) is 0 Å². The molecule has 2 aromatic carbocycles. The summed E-state index contributed by atoms with van der Waals surface area (Å²) in [5.41, 5.74) is 2.74. The standard InChI is InChI=1S/C26H31N3O5S/c1-4-24-25(19(2)28-35(30,31)23-10-8-21(32-3)9-11-23)12-13-27-26(24)34-22-7-5-6-20(18-22)29-14-16-33-17-15-29/h5-13,18-19,28H,4,14-17H2,1-3H3. The normalized spacial score (nSPS) is 15.0. The van der Waals surface area contributed by atoms with Crippen LogP contribution in [-0.4, -0.2) is 46.8 Å². The zero-order valence-corrected chi connectivity index (χ0v) is 21.0. The molecule has 0 amide bonds. The van der Waals surface area contributed by atoms with Crippen molar-refractivity contribution < 1.29 is 22.6 Å². The van der Waals surface area contributed by atoms with Crippen molar-refractivity contribution in [2.45, 2.75) is 31.2 Å². The van der Waals surface area contributed by atoms with E-state index in [-0.39, 0.29) is 4.90 Å². The molecule has 35 heavy (non-hydrogen) atoms. The first kappa shape index (κ1) is 25.0. The molecule has 1 saturated heterocycles. The lowest BCUT2D eigenvalue weighted by Gasteiger charge is -2.29. The summed E-state index contributed by atoms with van der Waals surface area (Å²) in [6.07, 6.45) is 2.28. The zero-order chi connectivity index (χ0) is 24.8. The molecule has 1 unspecified atom stereocenters. The van der Waals surface area contributed by atoms with Crippen LogP contribution in [0.3, 0.4) is 0 Å². The van der Waals surface area contributed by atoms with Gasteiger partial charge >= 0.3 is 0 Å². The topological polar surface area (TPSA) is 90.0 Å². The Balaban J connectivity index is 1.55. The molecule has 0 radical (unpaired) electrons. The number of methoxy groups -OCH3 is 1. The lowest BCUT2D eigenvalue weighted by molar-refractivity contribution is 0.122. The molecule has 1 aliphatic heterocycles. The maximum absolute atomic E-state index is 13.0. The quantitative estimate of drug-likeness (QED) is 0.471. The molecule has 2 heterocycles. The molecular weight excluding hydrogens is 466 g/mol. The second kappa shape index (κ2) is 11.1. The minimum atomic E-state index is -3.73. The number of nitrogens with one attached hydrogen (secondary N) is 1. The molecule has 1 N–H and O–H groups in total. The number of pyridine rings is 1. The average molecular weight is 498 g/mol. The third-order valence-corrected chi connectivity index (χ3v) is 7.54. The summed E-state index contributed by atoms with van der Waals surface area (Å²) in [6, 6.07) is 15.6. The van der Waals surface area contributed by atoms with Gasteiger partial charge in [0, 0.05) is 42.6 Å². The van der Waals surface area contributed by atoms with Gasteiger partial charge in [0.15, 0.2) is 0 Å². The highest BCUT2D eigenvalue weighted by Crippen LogP contribution is 2.32. The van der Waals surface area contributed by atoms with Crippen molar-refractivity contribution in [1.29, 1.82) is 0 Å². The van der Waals surface area contributed by atoms with Crippen LogP contribution in [0, 0.1) is 0 Å². The number of hydrogen-bond acceptors (Lipinski definition) is 7. The molecule has 0 spiro atoms. The van der Waals surface area contributed by atoms with Crippen molar-refractivity contribution in [3.63, 3.8) is 0 Å². The van der Waals surface area contributed by atoms with E-state index in [4.69, 9.17) is 14.2 Å². The van der Waals surface area contributed by atoms with Crippen LogP contribution < -0.4 is 19.1 Å². The molecular formula is C26H31N3O5S. The van der Waals surface area contributed by atoms with Crippen molar-refractivity contribution in [3.8, 4) is 17.4 Å². The van der Waals surface area contributed by atoms with E-state index in [9.17, 15) is 8.42 Å². The van der Waals surface area contributed by atoms with E-state index in [0.29, 0.717) is 37.0 Å². The summed E-state index contributed by atoms with van der Waals surface area (Å²) < 4.78 is 45.5. The van der Waals surface area contributed by atoms with E-state index in [2.05, 4.69) is 20.7 Å². The lowest BCUT2D eigenvalue weighted by atomic mass is 10.0. The molecule has 4 rings (SSSR count). The predicted molar refractivity (Wildman–Crippen MR) is 135 cm³/mol. The molecule has 1 aliphatic rings. The minimum absolute atomic E-state index is 0.175. The van der Waals surface area contributed by atoms with Crippen LogP contribution in [0.25, 0.3) is 0 Å². The molecule has 0 saturated carbocycles. The molecule has 1 aromatic heterocycles. The van der Waals surface area contributed by atoms with Gasteiger partial charge in [0.05, 0.1) is 25.2 Å². The Bertz CT molecular complexity index is 1240. The summed E-state index contributed by atoms with van der Waals surface area (Å²) in [6.45, 7) is 6.91. The van der Waals surface area contributed by atoms with Crippen LogP contribution in [-0.2, 0) is 21.2 Å². The van der Waals surface area contributed by atoms with Gasteiger partial charge in [-0.2, -0.15) is 0 Å². The fourth-order valence-corrected chi connectivity index (χ4v) is 5.36. The Labute approximate surface area is 206 Å². The Hall–Kier alpha value is -3.14. The number of sulfonamides is 1. The van der Waals surface area contributed by atoms with Gasteiger partial charge in [-0.25, -0.2) is 18.1 Å². The van der Waals surface area contributed by atoms with Gasteiger partial charge in [0.25, 0.3) is 0 Å². The Morgan fingerprint density at radius 2 is 1.83 bits per heavy atom. The fourth-order valence-electron chi connectivity index (χ4n) is 4.13. The monoisotopic (exact) mass is 497 g/mol. The van der Waals surface area contributed by atoms with Gasteiger partial charge in [0.2, 0.25) is 15.9 Å². The largest absolute Gasteiger partial charge is 0.497 e. The SMILES string of the molecule is CCc1c(C(C)NS(=O)(=O)c2ccc(OC)cc2)ccnc1Oc1cccc(N2CCOCC2)c1. The molecule has 8 nitrogen and oxygen atoms in total. The second-order valence-corrected chi connectivity index (χ2v) is 9.97. The molecule has 1 fully saturated rings. The van der Waals surface area contributed by atoms with Gasteiger partial charge in [0.1, 0.15) is 11.5 Å². The molecule has 3 aromatic rings. The van der Waals surface area contributed by atoms with E-state index in [0.717, 1.165) is 29.9 Å². The molecule has 0 aliphatic carbocycles. The van der Waals surface area contributed by atoms with Crippen LogP contribution in [0.5, 0.6) is 17.4 Å². The minimum Gasteiger partial charge on any atom is -0.497 e. The number of morpholine rings is 1. The Morgan fingerprint density at radius 3 is 2.51 bits per heavy atom. The number of hydrogen-bond donors (Lipinski definition) is 1. The van der Waals surface area contributed by atoms with Crippen molar-refractivity contribution in [1.82, 2.24) is 9.71 Å². The molecule has 0 bridgehead atoms. The van der Waals surface area contributed by atoms with Gasteiger partial charge in [-0.1, -0.05) is 13.0 Å². The van der Waals surface area contributed by atoms with E-state index in [1.807, 2.05) is 38.1 Å². The number of nitrogens with zero attached hydrogens (tertiary/aromatic N) is 2. The van der Waals surface area contributed by atoms with Crippen LogP contribution in [0.15, 0.2) is 65.7 Å². The molecule has 9 heteroatoms. The summed E-state index contributed by atoms with van der Waals surface area (Å²) in [5.74, 6) is 1.75. The van der Waals surface area contributed by atoms with Crippen molar-refractivity contribution in [3.05, 3.63) is 71.9 Å². The third-order valence-electron chi connectivity index (χ3n) is 5.98. The summed E-state index contributed by atoms with van der Waals surface area (Å²) in [4.78, 5) is 6.89. The van der Waals surface area contributed by atoms with Gasteiger partial charge in [-0.05, 0) is 61.4 Å². The average Bonchev–Trinajstić information content (AvgIpc) is 2.89. The lowest BCUT2D eigenvalue weighted by Crippen LogP contribution is -2.36. The number of benzene rings is 2. The van der Waals surface area contributed by atoms with Gasteiger partial charge < -0.3 is 19.1 Å². The van der Waals surface area contributed by atoms with Crippen LogP contribution >= 0.6 is 0 Å². The first-order chi connectivity index (χ1) is 16.9. The molecule has 186 valence electrons. The van der Waals surface area contributed by atoms with E-state index >= 15 is 0 Å².